The van der Waals surface area contributed by atoms with Gasteiger partial charge in [-0.2, -0.15) is 5.26 Å². The van der Waals surface area contributed by atoms with Crippen molar-refractivity contribution >= 4 is 11.9 Å². The van der Waals surface area contributed by atoms with E-state index >= 15 is 0 Å². The average Bonchev–Trinajstić information content (AvgIpc) is 2.44. The van der Waals surface area contributed by atoms with Crippen LogP contribution >= 0.6 is 0 Å². The van der Waals surface area contributed by atoms with Crippen LogP contribution in [0.15, 0.2) is 0 Å². The van der Waals surface area contributed by atoms with Crippen LogP contribution in [0.25, 0.3) is 0 Å². The van der Waals surface area contributed by atoms with E-state index in [1.165, 1.54) is 13.5 Å². The second kappa shape index (κ2) is 7.78. The molecule has 0 aromatic rings. The van der Waals surface area contributed by atoms with Gasteiger partial charge in [0.2, 0.25) is 5.91 Å². The van der Waals surface area contributed by atoms with Crippen molar-refractivity contribution in [3.63, 3.8) is 0 Å². The number of hydrogen-bond acceptors (Lipinski definition) is 4. The fourth-order valence-corrected chi connectivity index (χ4v) is 2.46. The highest BCUT2D eigenvalue weighted by atomic mass is 16.5. The maximum absolute atomic E-state index is 12.1. The lowest BCUT2D eigenvalue weighted by molar-refractivity contribution is -0.147. The van der Waals surface area contributed by atoms with Crippen molar-refractivity contribution in [1.29, 1.82) is 5.26 Å². The maximum Gasteiger partial charge on any atom is 0.328 e. The molecule has 0 spiro atoms. The number of methoxy groups -OCH3 is 1. The van der Waals surface area contributed by atoms with Crippen LogP contribution in [0.1, 0.15) is 45.4 Å². The predicted octanol–water partition coefficient (Wildman–Crippen LogP) is 1.77. The molecular formula is C14H22N2O3. The fourth-order valence-electron chi connectivity index (χ4n) is 2.46. The Labute approximate surface area is 114 Å². The summed E-state index contributed by atoms with van der Waals surface area (Å²) in [5, 5.41) is 11.5. The first kappa shape index (κ1) is 15.5. The fraction of sp³-hybridized carbons (Fsp3) is 0.786. The van der Waals surface area contributed by atoms with Crippen molar-refractivity contribution in [3.05, 3.63) is 0 Å². The molecule has 2 atom stereocenters. The monoisotopic (exact) mass is 266 g/mol. The molecule has 106 valence electrons. The molecule has 1 saturated carbocycles. The molecule has 0 unspecified atom stereocenters. The van der Waals surface area contributed by atoms with Gasteiger partial charge in [-0.15, -0.1) is 0 Å². The minimum atomic E-state index is -0.723. The average molecular weight is 266 g/mol. The van der Waals surface area contributed by atoms with Gasteiger partial charge in [0.25, 0.3) is 0 Å². The van der Waals surface area contributed by atoms with Gasteiger partial charge in [0.05, 0.1) is 13.2 Å². The summed E-state index contributed by atoms with van der Waals surface area (Å²) in [7, 11) is 1.29. The third kappa shape index (κ3) is 4.55. The number of ether oxygens (including phenoxy) is 1. The van der Waals surface area contributed by atoms with E-state index in [0.717, 1.165) is 25.7 Å². The maximum atomic E-state index is 12.1. The minimum Gasteiger partial charge on any atom is -0.467 e. The van der Waals surface area contributed by atoms with Gasteiger partial charge in [0, 0.05) is 18.3 Å². The highest BCUT2D eigenvalue weighted by molar-refractivity contribution is 5.86. The standard InChI is InChI=1S/C14H22N2O3/c1-10(8-9-15)12(14(18)19-2)16-13(17)11-6-4-3-5-7-11/h10-12H,3-8H2,1-2H3,(H,16,17)/t10-,12-/m0/s1. The largest absolute Gasteiger partial charge is 0.467 e. The summed E-state index contributed by atoms with van der Waals surface area (Å²) in [4.78, 5) is 23.8. The molecular weight excluding hydrogens is 244 g/mol. The Balaban J connectivity index is 2.63. The van der Waals surface area contributed by atoms with Crippen molar-refractivity contribution in [1.82, 2.24) is 5.32 Å². The SMILES string of the molecule is COC(=O)[C@@H](NC(=O)C1CCCCC1)[C@@H](C)CC#N. The minimum absolute atomic E-state index is 0.00445. The number of hydrogen-bond donors (Lipinski definition) is 1. The van der Waals surface area contributed by atoms with Crippen molar-refractivity contribution in [2.75, 3.05) is 7.11 Å². The molecule has 5 nitrogen and oxygen atoms in total. The lowest BCUT2D eigenvalue weighted by atomic mass is 9.88. The number of nitrogens with one attached hydrogen (secondary N) is 1. The number of nitriles is 1. The number of carbonyl (C=O) groups is 2. The first-order valence-electron chi connectivity index (χ1n) is 6.85. The Hall–Kier alpha value is -1.57. The van der Waals surface area contributed by atoms with Gasteiger partial charge in [-0.3, -0.25) is 4.79 Å². The molecule has 0 aliphatic heterocycles. The van der Waals surface area contributed by atoms with Gasteiger partial charge in [-0.05, 0) is 12.8 Å². The van der Waals surface area contributed by atoms with Gasteiger partial charge in [0.15, 0.2) is 0 Å². The zero-order valence-corrected chi connectivity index (χ0v) is 11.6. The van der Waals surface area contributed by atoms with E-state index < -0.39 is 12.0 Å². The van der Waals surface area contributed by atoms with Crippen LogP contribution in [-0.2, 0) is 14.3 Å². The highest BCUT2D eigenvalue weighted by Gasteiger charge is 2.30. The summed E-state index contributed by atoms with van der Waals surface area (Å²) in [6.07, 6.45) is 5.28. The molecule has 0 aromatic carbocycles. The van der Waals surface area contributed by atoms with Gasteiger partial charge in [0.1, 0.15) is 6.04 Å². The number of rotatable bonds is 5. The van der Waals surface area contributed by atoms with E-state index in [4.69, 9.17) is 10.00 Å². The van der Waals surface area contributed by atoms with Crippen LogP contribution in [0.4, 0.5) is 0 Å². The Morgan fingerprint density at radius 3 is 2.53 bits per heavy atom. The van der Waals surface area contributed by atoms with Gasteiger partial charge >= 0.3 is 5.97 Å². The summed E-state index contributed by atoms with van der Waals surface area (Å²) in [5.74, 6) is -0.813. The molecule has 1 amide bonds. The lowest BCUT2D eigenvalue weighted by Gasteiger charge is -2.26. The highest BCUT2D eigenvalue weighted by Crippen LogP contribution is 2.24. The third-order valence-corrected chi connectivity index (χ3v) is 3.71. The van der Waals surface area contributed by atoms with Crippen LogP contribution < -0.4 is 5.32 Å². The third-order valence-electron chi connectivity index (χ3n) is 3.71. The van der Waals surface area contributed by atoms with E-state index in [0.29, 0.717) is 0 Å². The van der Waals surface area contributed by atoms with Crippen LogP contribution in [0.3, 0.4) is 0 Å². The second-order valence-electron chi connectivity index (χ2n) is 5.18. The number of nitrogens with zero attached hydrogens (tertiary/aromatic N) is 1. The molecule has 1 fully saturated rings. The molecule has 0 heterocycles. The predicted molar refractivity (Wildman–Crippen MR) is 69.9 cm³/mol. The van der Waals surface area contributed by atoms with E-state index in [1.807, 2.05) is 6.07 Å². The Morgan fingerprint density at radius 2 is 2.00 bits per heavy atom. The van der Waals surface area contributed by atoms with Crippen LogP contribution in [-0.4, -0.2) is 25.0 Å². The Morgan fingerprint density at radius 1 is 1.37 bits per heavy atom. The zero-order valence-electron chi connectivity index (χ0n) is 11.6. The summed E-state index contributed by atoms with van der Waals surface area (Å²) in [6.45, 7) is 1.77. The molecule has 1 aliphatic carbocycles. The first-order chi connectivity index (χ1) is 9.10. The molecule has 0 saturated heterocycles. The summed E-state index contributed by atoms with van der Waals surface area (Å²) in [5.41, 5.74) is 0. The molecule has 1 N–H and O–H groups in total. The summed E-state index contributed by atoms with van der Waals surface area (Å²) >= 11 is 0. The van der Waals surface area contributed by atoms with Crippen molar-refractivity contribution in [2.45, 2.75) is 51.5 Å². The molecule has 5 heteroatoms. The van der Waals surface area contributed by atoms with Crippen LogP contribution in [0, 0.1) is 23.2 Å². The molecule has 0 bridgehead atoms. The number of carbonyl (C=O) groups excluding carboxylic acids is 2. The van der Waals surface area contributed by atoms with Crippen molar-refractivity contribution < 1.29 is 14.3 Å². The van der Waals surface area contributed by atoms with Crippen molar-refractivity contribution in [3.8, 4) is 6.07 Å². The second-order valence-corrected chi connectivity index (χ2v) is 5.18. The summed E-state index contributed by atoms with van der Waals surface area (Å²) in [6, 6.07) is 1.30. The molecule has 19 heavy (non-hydrogen) atoms. The van der Waals surface area contributed by atoms with Crippen LogP contribution in [0.5, 0.6) is 0 Å². The van der Waals surface area contributed by atoms with Gasteiger partial charge in [-0.1, -0.05) is 26.2 Å². The Bertz CT molecular complexity index is 356. The molecule has 1 aliphatic rings. The van der Waals surface area contributed by atoms with Gasteiger partial charge in [-0.25, -0.2) is 4.79 Å². The zero-order chi connectivity index (χ0) is 14.3. The lowest BCUT2D eigenvalue weighted by Crippen LogP contribution is -2.48. The smallest absolute Gasteiger partial charge is 0.328 e. The summed E-state index contributed by atoms with van der Waals surface area (Å²) < 4.78 is 4.70. The molecule has 0 aromatic heterocycles. The van der Waals surface area contributed by atoms with E-state index in [2.05, 4.69) is 5.32 Å². The van der Waals surface area contributed by atoms with E-state index in [9.17, 15) is 9.59 Å². The van der Waals surface area contributed by atoms with E-state index in [1.54, 1.807) is 6.92 Å². The normalized spacial score (nSPS) is 19.0. The van der Waals surface area contributed by atoms with Crippen LogP contribution in [0.2, 0.25) is 0 Å². The first-order valence-corrected chi connectivity index (χ1v) is 6.85. The number of esters is 1. The van der Waals surface area contributed by atoms with E-state index in [-0.39, 0.29) is 24.2 Å². The topological polar surface area (TPSA) is 79.2 Å². The van der Waals surface area contributed by atoms with Crippen molar-refractivity contribution in [2.24, 2.45) is 11.8 Å². The van der Waals surface area contributed by atoms with Gasteiger partial charge < -0.3 is 10.1 Å². The number of amides is 1. The Kier molecular flexibility index (Phi) is 6.34. The quantitative estimate of drug-likeness (QED) is 0.769. The molecule has 0 radical (unpaired) electrons. The molecule has 1 rings (SSSR count).